The van der Waals surface area contributed by atoms with E-state index >= 15 is 0 Å². The number of ether oxygens (including phenoxy) is 2. The fourth-order valence-corrected chi connectivity index (χ4v) is 4.43. The van der Waals surface area contributed by atoms with Crippen LogP contribution in [0.2, 0.25) is 0 Å². The molecule has 0 radical (unpaired) electrons. The van der Waals surface area contributed by atoms with Crippen LogP contribution < -0.4 is 9.47 Å². The molecule has 2 aliphatic heterocycles. The van der Waals surface area contributed by atoms with Gasteiger partial charge in [0.25, 0.3) is 5.24 Å². The van der Waals surface area contributed by atoms with Crippen LogP contribution in [0.5, 0.6) is 11.5 Å². The summed E-state index contributed by atoms with van der Waals surface area (Å²) in [5.41, 5.74) is 4.69. The average molecular weight is 413 g/mol. The molecular formula is C23H25ClN2O3. The Morgan fingerprint density at radius 3 is 2.66 bits per heavy atom. The number of aliphatic imine (C=N–C) groups is 1. The molecule has 2 aliphatic rings. The lowest BCUT2D eigenvalue weighted by atomic mass is 9.79. The largest absolute Gasteiger partial charge is 0.493 e. The molecule has 2 atom stereocenters. The van der Waals surface area contributed by atoms with Crippen molar-refractivity contribution < 1.29 is 14.3 Å². The van der Waals surface area contributed by atoms with Crippen molar-refractivity contribution in [2.24, 2.45) is 4.99 Å². The first kappa shape index (κ1) is 19.9. The zero-order chi connectivity index (χ0) is 20.5. The quantitative estimate of drug-likeness (QED) is 0.693. The summed E-state index contributed by atoms with van der Waals surface area (Å²) in [6, 6.07) is 11.7. The molecule has 0 unspecified atom stereocenters. The second-order valence-electron chi connectivity index (χ2n) is 7.58. The third-order valence-corrected chi connectivity index (χ3v) is 5.97. The maximum Gasteiger partial charge on any atom is 0.252 e. The van der Waals surface area contributed by atoms with Crippen LogP contribution >= 0.6 is 11.6 Å². The molecule has 2 aromatic rings. The smallest absolute Gasteiger partial charge is 0.252 e. The number of carbonyl (C=O) groups excluding carboxylic acids is 1. The number of methoxy groups -OCH3 is 1. The van der Waals surface area contributed by atoms with Crippen molar-refractivity contribution in [1.82, 2.24) is 4.90 Å². The van der Waals surface area contributed by atoms with Crippen molar-refractivity contribution in [2.75, 3.05) is 33.9 Å². The second-order valence-corrected chi connectivity index (χ2v) is 7.92. The predicted octanol–water partition coefficient (Wildman–Crippen LogP) is 4.11. The molecular weight excluding hydrogens is 388 g/mol. The number of benzene rings is 2. The molecule has 0 saturated carbocycles. The number of likely N-dealkylation sites (tertiary alicyclic amines) is 1. The van der Waals surface area contributed by atoms with Crippen molar-refractivity contribution in [3.05, 3.63) is 58.7 Å². The van der Waals surface area contributed by atoms with Crippen molar-refractivity contribution in [3.8, 4) is 11.5 Å². The van der Waals surface area contributed by atoms with Gasteiger partial charge >= 0.3 is 0 Å². The van der Waals surface area contributed by atoms with Gasteiger partial charge in [-0.3, -0.25) is 9.79 Å². The van der Waals surface area contributed by atoms with E-state index in [0.717, 1.165) is 42.1 Å². The van der Waals surface area contributed by atoms with E-state index in [-0.39, 0.29) is 6.04 Å². The molecule has 2 heterocycles. The monoisotopic (exact) mass is 412 g/mol. The number of hydrogen-bond donors (Lipinski definition) is 0. The molecule has 1 saturated heterocycles. The molecule has 2 aromatic carbocycles. The number of piperidine rings is 1. The second kappa shape index (κ2) is 8.17. The van der Waals surface area contributed by atoms with Gasteiger partial charge in [0, 0.05) is 29.2 Å². The van der Waals surface area contributed by atoms with Crippen molar-refractivity contribution in [2.45, 2.75) is 25.3 Å². The highest BCUT2D eigenvalue weighted by Crippen LogP contribution is 2.42. The molecule has 0 aromatic heterocycles. The first-order chi connectivity index (χ1) is 14.0. The van der Waals surface area contributed by atoms with Gasteiger partial charge in [-0.05, 0) is 68.4 Å². The lowest BCUT2D eigenvalue weighted by Gasteiger charge is -2.39. The summed E-state index contributed by atoms with van der Waals surface area (Å²) < 4.78 is 11.5. The summed E-state index contributed by atoms with van der Waals surface area (Å²) in [5, 5.41) is -0.457. The highest BCUT2D eigenvalue weighted by molar-refractivity contribution is 6.67. The van der Waals surface area contributed by atoms with E-state index in [1.54, 1.807) is 19.2 Å². The van der Waals surface area contributed by atoms with Crippen LogP contribution in [0.25, 0.3) is 0 Å². The summed E-state index contributed by atoms with van der Waals surface area (Å²) in [6.45, 7) is 4.55. The molecule has 0 bridgehead atoms. The molecule has 0 amide bonds. The van der Waals surface area contributed by atoms with E-state index in [1.165, 1.54) is 5.56 Å². The van der Waals surface area contributed by atoms with Crippen LogP contribution in [0.1, 0.15) is 46.3 Å². The first-order valence-electron chi connectivity index (χ1n) is 9.93. The number of rotatable bonds is 5. The molecule has 152 valence electrons. The summed E-state index contributed by atoms with van der Waals surface area (Å²) in [6.07, 6.45) is 1.01. The summed E-state index contributed by atoms with van der Waals surface area (Å²) in [4.78, 5) is 18.9. The van der Waals surface area contributed by atoms with Crippen LogP contribution in [-0.4, -0.2) is 55.7 Å². The number of halogens is 1. The molecule has 0 N–H and O–H groups in total. The summed E-state index contributed by atoms with van der Waals surface area (Å²) >= 11 is 5.61. The normalized spacial score (nSPS) is 21.0. The lowest BCUT2D eigenvalue weighted by Crippen LogP contribution is -2.41. The van der Waals surface area contributed by atoms with Crippen molar-refractivity contribution >= 4 is 22.6 Å². The fourth-order valence-electron chi connectivity index (χ4n) is 4.30. The zero-order valence-corrected chi connectivity index (χ0v) is 17.7. The maximum atomic E-state index is 11.4. The third-order valence-electron chi connectivity index (χ3n) is 5.75. The van der Waals surface area contributed by atoms with Crippen LogP contribution in [0.4, 0.5) is 0 Å². The van der Waals surface area contributed by atoms with Gasteiger partial charge in [-0.2, -0.15) is 0 Å². The molecule has 6 heteroatoms. The molecule has 0 aliphatic carbocycles. The molecule has 29 heavy (non-hydrogen) atoms. The molecule has 4 rings (SSSR count). The SMILES string of the molecule is CCOc1cc2c(cc1OC)C(c1ccc(C(=O)Cl)cc1)=N[C@H]1CCN(C)C[C@@H]21. The number of nitrogens with zero attached hydrogens (tertiary/aromatic N) is 2. The number of likely N-dealkylation sites (N-methyl/N-ethyl adjacent to an activating group) is 1. The van der Waals surface area contributed by atoms with Gasteiger partial charge in [0.2, 0.25) is 0 Å². The summed E-state index contributed by atoms with van der Waals surface area (Å²) in [7, 11) is 3.81. The molecule has 1 fully saturated rings. The standard InChI is InChI=1S/C23H25ClN2O3/c1-4-29-21-11-16-17(12-20(21)28-3)22(14-5-7-15(8-6-14)23(24)27)25-19-9-10-26(2)13-18(16)19/h5-8,11-12,18-19H,4,9-10,13H2,1-3H3/t18-,19-/m0/s1. The van der Waals surface area contributed by atoms with Gasteiger partial charge in [-0.25, -0.2) is 0 Å². The van der Waals surface area contributed by atoms with E-state index in [2.05, 4.69) is 18.0 Å². The van der Waals surface area contributed by atoms with Gasteiger partial charge in [0.05, 0.1) is 25.5 Å². The first-order valence-corrected chi connectivity index (χ1v) is 10.3. The van der Waals surface area contributed by atoms with E-state index in [4.69, 9.17) is 26.1 Å². The van der Waals surface area contributed by atoms with Gasteiger partial charge < -0.3 is 14.4 Å². The highest BCUT2D eigenvalue weighted by Gasteiger charge is 2.36. The Bertz CT molecular complexity index is 955. The predicted molar refractivity (Wildman–Crippen MR) is 115 cm³/mol. The Labute approximate surface area is 176 Å². The lowest BCUT2D eigenvalue weighted by molar-refractivity contribution is 0.108. The van der Waals surface area contributed by atoms with E-state index in [1.807, 2.05) is 25.1 Å². The van der Waals surface area contributed by atoms with Crippen LogP contribution in [0.3, 0.4) is 0 Å². The number of carbonyl (C=O) groups is 1. The van der Waals surface area contributed by atoms with Crippen molar-refractivity contribution in [1.29, 1.82) is 0 Å². The Balaban J connectivity index is 1.85. The van der Waals surface area contributed by atoms with E-state index in [9.17, 15) is 4.79 Å². The Morgan fingerprint density at radius 2 is 2.00 bits per heavy atom. The third kappa shape index (κ3) is 3.77. The van der Waals surface area contributed by atoms with E-state index < -0.39 is 5.24 Å². The minimum Gasteiger partial charge on any atom is -0.493 e. The van der Waals surface area contributed by atoms with Crippen LogP contribution in [0.15, 0.2) is 41.4 Å². The van der Waals surface area contributed by atoms with Gasteiger partial charge in [0.15, 0.2) is 11.5 Å². The molecule has 5 nitrogen and oxygen atoms in total. The number of hydrogen-bond acceptors (Lipinski definition) is 5. The maximum absolute atomic E-state index is 11.4. The van der Waals surface area contributed by atoms with E-state index in [0.29, 0.717) is 23.8 Å². The average Bonchev–Trinajstić information content (AvgIpc) is 2.73. The Kier molecular flexibility index (Phi) is 5.61. The summed E-state index contributed by atoms with van der Waals surface area (Å²) in [5.74, 6) is 1.79. The van der Waals surface area contributed by atoms with Gasteiger partial charge in [-0.1, -0.05) is 12.1 Å². The topological polar surface area (TPSA) is 51.1 Å². The number of fused-ring (bicyclic) bond motifs is 3. The fraction of sp³-hybridized carbons (Fsp3) is 0.391. The zero-order valence-electron chi connectivity index (χ0n) is 16.9. The highest BCUT2D eigenvalue weighted by atomic mass is 35.5. The minimum absolute atomic E-state index is 0.228. The van der Waals surface area contributed by atoms with Gasteiger partial charge in [-0.15, -0.1) is 0 Å². The Morgan fingerprint density at radius 1 is 1.24 bits per heavy atom. The Hall–Kier alpha value is -2.37. The van der Waals surface area contributed by atoms with Crippen LogP contribution in [0, 0.1) is 0 Å². The van der Waals surface area contributed by atoms with Crippen LogP contribution in [-0.2, 0) is 0 Å². The molecule has 0 spiro atoms. The van der Waals surface area contributed by atoms with Crippen molar-refractivity contribution in [3.63, 3.8) is 0 Å². The minimum atomic E-state index is -0.457. The van der Waals surface area contributed by atoms with Gasteiger partial charge in [0.1, 0.15) is 0 Å².